The standard InChI is InChI=1S/C17H16ClN3O6/c1-26-14-6-4-11(8-12(14)18)20-16(22)9-19-17(23)10-3-5-15(27-2)13(7-10)21(24)25/h3-8H,9H2,1-2H3,(H,19,23)(H,20,22). The number of ether oxygens (including phenoxy) is 2. The molecular formula is C17H16ClN3O6. The number of nitro groups is 1. The van der Waals surface area contributed by atoms with Gasteiger partial charge in [0, 0.05) is 17.3 Å². The minimum atomic E-state index is -0.657. The molecule has 0 aliphatic rings. The van der Waals surface area contributed by atoms with Gasteiger partial charge in [-0.15, -0.1) is 0 Å². The predicted molar refractivity (Wildman–Crippen MR) is 98.6 cm³/mol. The fourth-order valence-corrected chi connectivity index (χ4v) is 2.44. The van der Waals surface area contributed by atoms with Crippen molar-refractivity contribution in [2.24, 2.45) is 0 Å². The number of benzene rings is 2. The van der Waals surface area contributed by atoms with Crippen molar-refractivity contribution in [3.05, 3.63) is 57.1 Å². The fraction of sp³-hybridized carbons (Fsp3) is 0.176. The number of nitrogens with zero attached hydrogens (tertiary/aromatic N) is 1. The Hall–Kier alpha value is -3.33. The molecule has 2 rings (SSSR count). The van der Waals surface area contributed by atoms with Crippen LogP contribution in [0.25, 0.3) is 0 Å². The number of methoxy groups -OCH3 is 2. The van der Waals surface area contributed by atoms with Crippen LogP contribution in [0.5, 0.6) is 11.5 Å². The zero-order valence-electron chi connectivity index (χ0n) is 14.4. The Labute approximate surface area is 159 Å². The molecule has 10 heteroatoms. The molecule has 142 valence electrons. The van der Waals surface area contributed by atoms with E-state index < -0.39 is 16.7 Å². The Morgan fingerprint density at radius 1 is 1.11 bits per heavy atom. The van der Waals surface area contributed by atoms with Crippen LogP contribution in [0.2, 0.25) is 5.02 Å². The highest BCUT2D eigenvalue weighted by atomic mass is 35.5. The summed E-state index contributed by atoms with van der Waals surface area (Å²) < 4.78 is 9.89. The van der Waals surface area contributed by atoms with Gasteiger partial charge < -0.3 is 20.1 Å². The van der Waals surface area contributed by atoms with E-state index in [-0.39, 0.29) is 23.5 Å². The van der Waals surface area contributed by atoms with E-state index in [1.54, 1.807) is 12.1 Å². The maximum atomic E-state index is 12.1. The topological polar surface area (TPSA) is 120 Å². The third-order valence-electron chi connectivity index (χ3n) is 3.48. The zero-order chi connectivity index (χ0) is 20.0. The summed E-state index contributed by atoms with van der Waals surface area (Å²) in [4.78, 5) is 34.4. The second-order valence-electron chi connectivity index (χ2n) is 5.22. The molecule has 0 bridgehead atoms. The summed E-state index contributed by atoms with van der Waals surface area (Å²) in [5, 5.41) is 16.3. The van der Waals surface area contributed by atoms with Crippen LogP contribution in [-0.4, -0.2) is 37.5 Å². The molecule has 2 N–H and O–H groups in total. The minimum Gasteiger partial charge on any atom is -0.495 e. The van der Waals surface area contributed by atoms with Gasteiger partial charge in [-0.2, -0.15) is 0 Å². The molecule has 0 aliphatic carbocycles. The first-order valence-corrected chi connectivity index (χ1v) is 7.97. The first-order valence-electron chi connectivity index (χ1n) is 7.59. The number of carbonyl (C=O) groups excluding carboxylic acids is 2. The summed E-state index contributed by atoms with van der Waals surface area (Å²) in [5.41, 5.74) is 0.116. The van der Waals surface area contributed by atoms with Crippen LogP contribution in [0.15, 0.2) is 36.4 Å². The highest BCUT2D eigenvalue weighted by Crippen LogP contribution is 2.28. The lowest BCUT2D eigenvalue weighted by Gasteiger charge is -2.09. The lowest BCUT2D eigenvalue weighted by molar-refractivity contribution is -0.385. The summed E-state index contributed by atoms with van der Waals surface area (Å²) >= 11 is 5.97. The minimum absolute atomic E-state index is 0.0304. The van der Waals surface area contributed by atoms with Crippen molar-refractivity contribution in [3.8, 4) is 11.5 Å². The zero-order valence-corrected chi connectivity index (χ0v) is 15.2. The van der Waals surface area contributed by atoms with Crippen molar-refractivity contribution in [1.82, 2.24) is 5.32 Å². The molecule has 0 aromatic heterocycles. The van der Waals surface area contributed by atoms with Gasteiger partial charge in [-0.05, 0) is 30.3 Å². The van der Waals surface area contributed by atoms with E-state index in [2.05, 4.69) is 10.6 Å². The molecule has 0 saturated carbocycles. The number of nitro benzene ring substituents is 1. The SMILES string of the molecule is COc1ccc(NC(=O)CNC(=O)c2ccc(OC)c([N+](=O)[O-])c2)cc1Cl. The number of hydrogen-bond acceptors (Lipinski definition) is 6. The Kier molecular flexibility index (Phi) is 6.56. The molecule has 0 unspecified atom stereocenters. The van der Waals surface area contributed by atoms with Crippen LogP contribution >= 0.6 is 11.6 Å². The predicted octanol–water partition coefficient (Wildman–Crippen LogP) is 2.63. The van der Waals surface area contributed by atoms with E-state index in [0.29, 0.717) is 16.5 Å². The number of hydrogen-bond donors (Lipinski definition) is 2. The molecule has 0 spiro atoms. The largest absolute Gasteiger partial charge is 0.495 e. The van der Waals surface area contributed by atoms with E-state index >= 15 is 0 Å². The van der Waals surface area contributed by atoms with Crippen LogP contribution in [-0.2, 0) is 4.79 Å². The number of nitrogens with one attached hydrogen (secondary N) is 2. The van der Waals surface area contributed by atoms with Crippen LogP contribution in [0.4, 0.5) is 11.4 Å². The number of carbonyl (C=O) groups is 2. The highest BCUT2D eigenvalue weighted by Gasteiger charge is 2.18. The molecular weight excluding hydrogens is 378 g/mol. The van der Waals surface area contributed by atoms with Gasteiger partial charge >= 0.3 is 5.69 Å². The molecule has 9 nitrogen and oxygen atoms in total. The third kappa shape index (κ3) is 5.08. The van der Waals surface area contributed by atoms with Crippen molar-refractivity contribution in [2.75, 3.05) is 26.1 Å². The van der Waals surface area contributed by atoms with Crippen LogP contribution in [0, 0.1) is 10.1 Å². The Bertz CT molecular complexity index is 887. The molecule has 0 fully saturated rings. The first-order chi connectivity index (χ1) is 12.8. The molecule has 0 saturated heterocycles. The Balaban J connectivity index is 1.98. The fourth-order valence-electron chi connectivity index (χ4n) is 2.19. The monoisotopic (exact) mass is 393 g/mol. The van der Waals surface area contributed by atoms with E-state index in [4.69, 9.17) is 21.1 Å². The second-order valence-corrected chi connectivity index (χ2v) is 5.63. The van der Waals surface area contributed by atoms with Crippen LogP contribution < -0.4 is 20.1 Å². The van der Waals surface area contributed by atoms with Crippen LogP contribution in [0.1, 0.15) is 10.4 Å². The third-order valence-corrected chi connectivity index (χ3v) is 3.78. The van der Waals surface area contributed by atoms with Gasteiger partial charge in [-0.25, -0.2) is 0 Å². The smallest absolute Gasteiger partial charge is 0.311 e. The van der Waals surface area contributed by atoms with E-state index in [1.807, 2.05) is 0 Å². The number of halogens is 1. The maximum Gasteiger partial charge on any atom is 0.311 e. The van der Waals surface area contributed by atoms with Gasteiger partial charge in [0.05, 0.1) is 30.7 Å². The van der Waals surface area contributed by atoms with Crippen LogP contribution in [0.3, 0.4) is 0 Å². The highest BCUT2D eigenvalue weighted by molar-refractivity contribution is 6.32. The summed E-state index contributed by atoms with van der Waals surface area (Å²) in [5.74, 6) is -0.633. The van der Waals surface area contributed by atoms with Crippen molar-refractivity contribution >= 4 is 34.8 Å². The lowest BCUT2D eigenvalue weighted by Crippen LogP contribution is -2.32. The molecule has 2 aromatic rings. The molecule has 2 aromatic carbocycles. The van der Waals surface area contributed by atoms with Gasteiger partial charge in [-0.3, -0.25) is 19.7 Å². The van der Waals surface area contributed by atoms with Crippen molar-refractivity contribution in [3.63, 3.8) is 0 Å². The first kappa shape index (κ1) is 20.0. The molecule has 27 heavy (non-hydrogen) atoms. The summed E-state index contributed by atoms with van der Waals surface area (Å²) in [6.07, 6.45) is 0. The van der Waals surface area contributed by atoms with E-state index in [1.165, 1.54) is 32.4 Å². The Morgan fingerprint density at radius 3 is 2.37 bits per heavy atom. The average molecular weight is 394 g/mol. The average Bonchev–Trinajstić information content (AvgIpc) is 2.65. The molecule has 2 amide bonds. The second kappa shape index (κ2) is 8.86. The quantitative estimate of drug-likeness (QED) is 0.551. The van der Waals surface area contributed by atoms with E-state index in [9.17, 15) is 19.7 Å². The molecule has 0 aliphatic heterocycles. The van der Waals surface area contributed by atoms with Crippen molar-refractivity contribution in [2.45, 2.75) is 0 Å². The van der Waals surface area contributed by atoms with E-state index in [0.717, 1.165) is 6.07 Å². The number of rotatable bonds is 7. The molecule has 0 radical (unpaired) electrons. The normalized spacial score (nSPS) is 10.0. The van der Waals surface area contributed by atoms with Crippen molar-refractivity contribution < 1.29 is 24.0 Å². The Morgan fingerprint density at radius 2 is 1.78 bits per heavy atom. The maximum absolute atomic E-state index is 12.1. The summed E-state index contributed by atoms with van der Waals surface area (Å²) in [6.45, 7) is -0.331. The van der Waals surface area contributed by atoms with Gasteiger partial charge in [0.1, 0.15) is 5.75 Å². The number of anilines is 1. The summed E-state index contributed by atoms with van der Waals surface area (Å²) in [7, 11) is 2.76. The molecule has 0 atom stereocenters. The van der Waals surface area contributed by atoms with Gasteiger partial charge in [0.2, 0.25) is 5.91 Å². The van der Waals surface area contributed by atoms with Gasteiger partial charge in [0.15, 0.2) is 5.75 Å². The lowest BCUT2D eigenvalue weighted by atomic mass is 10.1. The van der Waals surface area contributed by atoms with Crippen molar-refractivity contribution in [1.29, 1.82) is 0 Å². The summed E-state index contributed by atoms with van der Waals surface area (Å²) in [6, 6.07) is 8.45. The van der Waals surface area contributed by atoms with Gasteiger partial charge in [-0.1, -0.05) is 11.6 Å². The van der Waals surface area contributed by atoms with Gasteiger partial charge in [0.25, 0.3) is 5.91 Å². The number of amides is 2. The molecule has 0 heterocycles.